The first-order valence-corrected chi connectivity index (χ1v) is 11.5. The van der Waals surface area contributed by atoms with Crippen molar-refractivity contribution in [2.45, 2.75) is 12.1 Å². The van der Waals surface area contributed by atoms with Crippen LogP contribution in [0.5, 0.6) is 0 Å². The predicted octanol–water partition coefficient (Wildman–Crippen LogP) is 4.61. The Morgan fingerprint density at radius 2 is 1.82 bits per heavy atom. The third-order valence-electron chi connectivity index (χ3n) is 4.85. The number of halogens is 2. The molecule has 172 valence electrons. The highest BCUT2D eigenvalue weighted by Crippen LogP contribution is 2.21. The summed E-state index contributed by atoms with van der Waals surface area (Å²) in [4.78, 5) is 42.7. The van der Waals surface area contributed by atoms with Crippen LogP contribution in [0.1, 0.15) is 15.9 Å². The third kappa shape index (κ3) is 5.27. The SMILES string of the molecule is Cc1ccc(NC(=O)CSc2nc3ccccc3c(=O)n2NC(=O)c2ccc(F)cc2)cc1Cl. The van der Waals surface area contributed by atoms with Gasteiger partial charge in [0.15, 0.2) is 5.16 Å². The molecule has 4 rings (SSSR count). The molecule has 0 unspecified atom stereocenters. The number of para-hydroxylation sites is 1. The molecule has 0 aliphatic rings. The smallest absolute Gasteiger partial charge is 0.281 e. The standard InChI is InChI=1S/C24H18ClFN4O3S/c1-14-6-11-17(12-19(14)25)27-21(31)13-34-24-28-20-5-3-2-4-18(20)23(33)30(24)29-22(32)15-7-9-16(26)10-8-15/h2-12H,13H2,1H3,(H,27,31)(H,29,32). The lowest BCUT2D eigenvalue weighted by molar-refractivity contribution is -0.113. The van der Waals surface area contributed by atoms with E-state index in [-0.39, 0.29) is 22.4 Å². The van der Waals surface area contributed by atoms with Gasteiger partial charge in [-0.15, -0.1) is 0 Å². The monoisotopic (exact) mass is 496 g/mol. The Kier molecular flexibility index (Phi) is 6.95. The number of thioether (sulfide) groups is 1. The highest BCUT2D eigenvalue weighted by atomic mass is 35.5. The van der Waals surface area contributed by atoms with Gasteiger partial charge in [-0.05, 0) is 61.0 Å². The molecule has 0 bridgehead atoms. The van der Waals surface area contributed by atoms with Crippen LogP contribution < -0.4 is 16.3 Å². The number of nitrogens with zero attached hydrogens (tertiary/aromatic N) is 2. The Balaban J connectivity index is 1.59. The van der Waals surface area contributed by atoms with Crippen molar-refractivity contribution in [3.05, 3.63) is 99.1 Å². The first-order valence-electron chi connectivity index (χ1n) is 10.1. The third-order valence-corrected chi connectivity index (χ3v) is 6.20. The van der Waals surface area contributed by atoms with Crippen LogP contribution in [0.2, 0.25) is 5.02 Å². The van der Waals surface area contributed by atoms with Gasteiger partial charge in [0.05, 0.1) is 16.7 Å². The van der Waals surface area contributed by atoms with Crippen LogP contribution in [0.15, 0.2) is 76.7 Å². The number of carbonyl (C=O) groups is 2. The molecule has 34 heavy (non-hydrogen) atoms. The van der Waals surface area contributed by atoms with Gasteiger partial charge in [-0.25, -0.2) is 9.37 Å². The second kappa shape index (κ2) is 10.1. The van der Waals surface area contributed by atoms with E-state index in [1.165, 1.54) is 12.1 Å². The molecule has 0 saturated heterocycles. The molecule has 0 radical (unpaired) electrons. The number of hydrogen-bond acceptors (Lipinski definition) is 5. The zero-order valence-corrected chi connectivity index (χ0v) is 19.4. The summed E-state index contributed by atoms with van der Waals surface area (Å²) in [5, 5.41) is 3.69. The molecule has 2 N–H and O–H groups in total. The van der Waals surface area contributed by atoms with Gasteiger partial charge in [-0.3, -0.25) is 19.8 Å². The van der Waals surface area contributed by atoms with Crippen molar-refractivity contribution >= 4 is 51.8 Å². The number of nitrogens with one attached hydrogen (secondary N) is 2. The molecule has 10 heteroatoms. The zero-order chi connectivity index (χ0) is 24.2. The highest BCUT2D eigenvalue weighted by Gasteiger charge is 2.16. The Hall–Kier alpha value is -3.69. The fourth-order valence-corrected chi connectivity index (χ4v) is 4.01. The number of fused-ring (bicyclic) bond motifs is 1. The van der Waals surface area contributed by atoms with Gasteiger partial charge in [0.25, 0.3) is 11.5 Å². The summed E-state index contributed by atoms with van der Waals surface area (Å²) in [5.74, 6) is -1.54. The topological polar surface area (TPSA) is 93.1 Å². The lowest BCUT2D eigenvalue weighted by Crippen LogP contribution is -2.35. The maximum Gasteiger partial charge on any atom is 0.281 e. The van der Waals surface area contributed by atoms with E-state index < -0.39 is 17.3 Å². The van der Waals surface area contributed by atoms with Crippen LogP contribution in [0, 0.1) is 12.7 Å². The van der Waals surface area contributed by atoms with E-state index in [4.69, 9.17) is 11.6 Å². The van der Waals surface area contributed by atoms with E-state index in [0.717, 1.165) is 34.1 Å². The molecule has 0 spiro atoms. The first kappa shape index (κ1) is 23.5. The van der Waals surface area contributed by atoms with Crippen LogP contribution in [0.25, 0.3) is 10.9 Å². The summed E-state index contributed by atoms with van der Waals surface area (Å²) >= 11 is 7.09. The second-order valence-electron chi connectivity index (χ2n) is 7.30. The van der Waals surface area contributed by atoms with Crippen LogP contribution in [0.3, 0.4) is 0 Å². The summed E-state index contributed by atoms with van der Waals surface area (Å²) < 4.78 is 14.2. The minimum Gasteiger partial charge on any atom is -0.325 e. The van der Waals surface area contributed by atoms with Crippen molar-refractivity contribution in [2.24, 2.45) is 0 Å². The van der Waals surface area contributed by atoms with Crippen molar-refractivity contribution in [1.29, 1.82) is 0 Å². The average Bonchev–Trinajstić information content (AvgIpc) is 2.82. The van der Waals surface area contributed by atoms with E-state index >= 15 is 0 Å². The normalized spacial score (nSPS) is 10.8. The number of hydrogen-bond donors (Lipinski definition) is 2. The Bertz CT molecular complexity index is 1460. The van der Waals surface area contributed by atoms with Gasteiger partial charge in [-0.2, -0.15) is 4.68 Å². The van der Waals surface area contributed by atoms with Gasteiger partial charge in [-0.1, -0.05) is 41.6 Å². The van der Waals surface area contributed by atoms with Gasteiger partial charge >= 0.3 is 0 Å². The van der Waals surface area contributed by atoms with Gasteiger partial charge in [0.1, 0.15) is 5.82 Å². The van der Waals surface area contributed by atoms with Crippen molar-refractivity contribution in [3.8, 4) is 0 Å². The molecule has 0 aliphatic heterocycles. The van der Waals surface area contributed by atoms with E-state index in [9.17, 15) is 18.8 Å². The molecule has 0 aliphatic carbocycles. The summed E-state index contributed by atoms with van der Waals surface area (Å²) in [6.07, 6.45) is 0. The molecule has 3 aromatic carbocycles. The summed E-state index contributed by atoms with van der Waals surface area (Å²) in [7, 11) is 0. The van der Waals surface area contributed by atoms with Gasteiger partial charge < -0.3 is 5.32 Å². The predicted molar refractivity (Wildman–Crippen MR) is 132 cm³/mol. The second-order valence-corrected chi connectivity index (χ2v) is 8.65. The largest absolute Gasteiger partial charge is 0.325 e. The molecular formula is C24H18ClFN4O3S. The molecular weight excluding hydrogens is 479 g/mol. The van der Waals surface area contributed by atoms with E-state index in [1.54, 1.807) is 42.5 Å². The number of aromatic nitrogens is 2. The number of amides is 2. The first-order chi connectivity index (χ1) is 16.3. The molecule has 4 aromatic rings. The fraction of sp³-hybridized carbons (Fsp3) is 0.0833. The molecule has 0 fully saturated rings. The summed E-state index contributed by atoms with van der Waals surface area (Å²) in [6.45, 7) is 1.86. The quantitative estimate of drug-likeness (QED) is 0.300. The van der Waals surface area contributed by atoms with Gasteiger partial charge in [0.2, 0.25) is 5.91 Å². The number of anilines is 1. The summed E-state index contributed by atoms with van der Waals surface area (Å²) in [6, 6.07) is 16.7. The van der Waals surface area contributed by atoms with Crippen molar-refractivity contribution in [2.75, 3.05) is 16.5 Å². The van der Waals surface area contributed by atoms with Crippen LogP contribution in [-0.2, 0) is 4.79 Å². The number of benzene rings is 3. The van der Waals surface area contributed by atoms with E-state index in [0.29, 0.717) is 21.6 Å². The maximum absolute atomic E-state index is 13.2. The molecule has 0 atom stereocenters. The highest BCUT2D eigenvalue weighted by molar-refractivity contribution is 7.99. The Labute approximate surface area is 202 Å². The Morgan fingerprint density at radius 3 is 2.56 bits per heavy atom. The fourth-order valence-electron chi connectivity index (χ4n) is 3.07. The lowest BCUT2D eigenvalue weighted by Gasteiger charge is -2.14. The number of aryl methyl sites for hydroxylation is 1. The Morgan fingerprint density at radius 1 is 1.09 bits per heavy atom. The van der Waals surface area contributed by atoms with Crippen molar-refractivity contribution < 1.29 is 14.0 Å². The molecule has 1 aromatic heterocycles. The summed E-state index contributed by atoms with van der Waals surface area (Å²) in [5.41, 5.74) is 4.00. The van der Waals surface area contributed by atoms with Crippen molar-refractivity contribution in [3.63, 3.8) is 0 Å². The molecule has 2 amide bonds. The lowest BCUT2D eigenvalue weighted by atomic mass is 10.2. The van der Waals surface area contributed by atoms with Crippen LogP contribution in [0.4, 0.5) is 10.1 Å². The van der Waals surface area contributed by atoms with Crippen LogP contribution >= 0.6 is 23.4 Å². The van der Waals surface area contributed by atoms with E-state index in [2.05, 4.69) is 15.7 Å². The number of rotatable bonds is 6. The molecule has 1 heterocycles. The zero-order valence-electron chi connectivity index (χ0n) is 17.8. The minimum atomic E-state index is -0.625. The van der Waals surface area contributed by atoms with Crippen LogP contribution in [-0.4, -0.2) is 27.2 Å². The average molecular weight is 497 g/mol. The van der Waals surface area contributed by atoms with E-state index in [1.807, 2.05) is 6.92 Å². The van der Waals surface area contributed by atoms with Gasteiger partial charge in [0, 0.05) is 16.3 Å². The number of carbonyl (C=O) groups excluding carboxylic acids is 2. The molecule has 0 saturated carbocycles. The molecule has 7 nitrogen and oxygen atoms in total. The maximum atomic E-state index is 13.2. The van der Waals surface area contributed by atoms with Crippen molar-refractivity contribution in [1.82, 2.24) is 9.66 Å². The minimum absolute atomic E-state index is 0.0807.